The lowest BCUT2D eigenvalue weighted by atomic mass is 10.2. The summed E-state index contributed by atoms with van der Waals surface area (Å²) < 4.78 is 5.54. The number of methoxy groups -OCH3 is 1. The summed E-state index contributed by atoms with van der Waals surface area (Å²) in [7, 11) is 3.96. The smallest absolute Gasteiger partial charge is 0.191 e. The molecule has 0 saturated carbocycles. The van der Waals surface area contributed by atoms with Crippen LogP contribution in [0.3, 0.4) is 0 Å². The van der Waals surface area contributed by atoms with Gasteiger partial charge in [0.15, 0.2) is 5.96 Å². The van der Waals surface area contributed by atoms with Crippen molar-refractivity contribution in [1.82, 2.24) is 20.4 Å². The van der Waals surface area contributed by atoms with Crippen molar-refractivity contribution in [1.29, 1.82) is 0 Å². The first-order valence-electron chi connectivity index (χ1n) is 11.5. The summed E-state index contributed by atoms with van der Waals surface area (Å²) in [6.07, 6.45) is 3.48. The third-order valence-corrected chi connectivity index (χ3v) is 6.01. The highest BCUT2D eigenvalue weighted by atomic mass is 127. The molecule has 7 nitrogen and oxygen atoms in total. The number of benzene rings is 1. The van der Waals surface area contributed by atoms with Gasteiger partial charge in [-0.2, -0.15) is 0 Å². The van der Waals surface area contributed by atoms with Crippen LogP contribution in [0.25, 0.3) is 0 Å². The maximum Gasteiger partial charge on any atom is 0.191 e. The van der Waals surface area contributed by atoms with E-state index in [9.17, 15) is 0 Å². The summed E-state index contributed by atoms with van der Waals surface area (Å²) in [6, 6.07) is 8.67. The Balaban J connectivity index is 0.00000341. The molecule has 0 spiro atoms. The van der Waals surface area contributed by atoms with E-state index < -0.39 is 0 Å². The Morgan fingerprint density at radius 3 is 2.81 bits per heavy atom. The molecule has 3 rings (SSSR count). The van der Waals surface area contributed by atoms with Crippen LogP contribution in [0.15, 0.2) is 29.3 Å². The molecule has 176 valence electrons. The third-order valence-electron chi connectivity index (χ3n) is 6.01. The lowest BCUT2D eigenvalue weighted by Gasteiger charge is -2.22. The molecule has 31 heavy (non-hydrogen) atoms. The molecular formula is C23H41IN6O. The van der Waals surface area contributed by atoms with E-state index >= 15 is 0 Å². The number of likely N-dealkylation sites (N-methyl/N-ethyl adjacent to an activating group) is 1. The fourth-order valence-corrected chi connectivity index (χ4v) is 4.31. The van der Waals surface area contributed by atoms with Crippen LogP contribution < -0.4 is 20.3 Å². The number of aliphatic imine (C=N–C) groups is 1. The van der Waals surface area contributed by atoms with Gasteiger partial charge >= 0.3 is 0 Å². The number of hydrogen-bond donors (Lipinski definition) is 2. The monoisotopic (exact) mass is 544 g/mol. The molecule has 1 aromatic rings. The van der Waals surface area contributed by atoms with Crippen molar-refractivity contribution in [3.63, 3.8) is 0 Å². The van der Waals surface area contributed by atoms with Crippen molar-refractivity contribution >= 4 is 35.6 Å². The number of nitrogens with one attached hydrogen (secondary N) is 2. The van der Waals surface area contributed by atoms with Crippen LogP contribution in [0.5, 0.6) is 5.75 Å². The lowest BCUT2D eigenvalue weighted by molar-refractivity contribution is 0.275. The van der Waals surface area contributed by atoms with E-state index in [1.54, 1.807) is 7.11 Å². The van der Waals surface area contributed by atoms with Gasteiger partial charge in [0.25, 0.3) is 0 Å². The van der Waals surface area contributed by atoms with Gasteiger partial charge < -0.3 is 30.1 Å². The Hall–Kier alpha value is -1.26. The molecule has 2 fully saturated rings. The van der Waals surface area contributed by atoms with E-state index in [1.165, 1.54) is 38.3 Å². The van der Waals surface area contributed by atoms with Gasteiger partial charge in [-0.05, 0) is 65.0 Å². The lowest BCUT2D eigenvalue weighted by Crippen LogP contribution is -2.44. The largest absolute Gasteiger partial charge is 0.495 e. The molecule has 0 aliphatic carbocycles. The molecule has 0 radical (unpaired) electrons. The molecule has 1 aromatic carbocycles. The number of guanidine groups is 1. The summed E-state index contributed by atoms with van der Waals surface area (Å²) in [5.74, 6) is 1.89. The van der Waals surface area contributed by atoms with Crippen molar-refractivity contribution in [2.24, 2.45) is 4.99 Å². The molecule has 1 unspecified atom stereocenters. The molecule has 2 aliphatic heterocycles. The second-order valence-electron chi connectivity index (χ2n) is 8.36. The summed E-state index contributed by atoms with van der Waals surface area (Å²) >= 11 is 0. The molecule has 0 aromatic heterocycles. The quantitative estimate of drug-likeness (QED) is 0.227. The summed E-state index contributed by atoms with van der Waals surface area (Å²) in [5, 5.41) is 7.06. The molecule has 0 bridgehead atoms. The van der Waals surface area contributed by atoms with Crippen molar-refractivity contribution in [3.8, 4) is 5.75 Å². The number of halogens is 1. The number of nitrogens with zero attached hydrogens (tertiary/aromatic N) is 4. The van der Waals surface area contributed by atoms with E-state index in [1.807, 2.05) is 12.1 Å². The zero-order valence-corrected chi connectivity index (χ0v) is 21.8. The van der Waals surface area contributed by atoms with Gasteiger partial charge in [-0.15, -0.1) is 24.0 Å². The highest BCUT2D eigenvalue weighted by Crippen LogP contribution is 2.30. The minimum atomic E-state index is 0. The fraction of sp³-hybridized carbons (Fsp3) is 0.696. The second-order valence-corrected chi connectivity index (χ2v) is 8.36. The van der Waals surface area contributed by atoms with Gasteiger partial charge in [0.05, 0.1) is 12.8 Å². The maximum absolute atomic E-state index is 5.54. The van der Waals surface area contributed by atoms with Crippen LogP contribution in [0, 0.1) is 0 Å². The van der Waals surface area contributed by atoms with Crippen molar-refractivity contribution in [2.75, 3.05) is 78.0 Å². The molecule has 2 N–H and O–H groups in total. The number of anilines is 1. The Kier molecular flexibility index (Phi) is 11.7. The Morgan fingerprint density at radius 2 is 2.00 bits per heavy atom. The van der Waals surface area contributed by atoms with Gasteiger partial charge in [-0.1, -0.05) is 12.1 Å². The van der Waals surface area contributed by atoms with Gasteiger partial charge in [-0.25, -0.2) is 0 Å². The average molecular weight is 545 g/mol. The topological polar surface area (TPSA) is 55.4 Å². The summed E-state index contributed by atoms with van der Waals surface area (Å²) in [6.45, 7) is 11.8. The van der Waals surface area contributed by atoms with E-state index in [0.717, 1.165) is 57.3 Å². The Bertz CT molecular complexity index is 673. The highest BCUT2D eigenvalue weighted by molar-refractivity contribution is 14.0. The molecule has 0 amide bonds. The molecule has 2 aliphatic rings. The van der Waals surface area contributed by atoms with E-state index in [2.05, 4.69) is 51.4 Å². The average Bonchev–Trinajstić information content (AvgIpc) is 3.12. The zero-order valence-electron chi connectivity index (χ0n) is 19.5. The highest BCUT2D eigenvalue weighted by Gasteiger charge is 2.25. The predicted octanol–water partition coefficient (Wildman–Crippen LogP) is 2.47. The first-order valence-corrected chi connectivity index (χ1v) is 11.5. The maximum atomic E-state index is 5.54. The van der Waals surface area contributed by atoms with Crippen LogP contribution in [0.1, 0.15) is 26.2 Å². The standard InChI is InChI=1S/C23H40N6O.HI/c1-4-24-23(25-12-7-14-28-15-8-13-27(2)17-18-28)26-20-11-16-29(19-20)21-9-5-6-10-22(21)30-3;/h5-6,9-10,20H,4,7-8,11-19H2,1-3H3,(H2,24,25,26);1H. The van der Waals surface area contributed by atoms with Gasteiger partial charge in [-0.3, -0.25) is 4.99 Å². The van der Waals surface area contributed by atoms with Crippen LogP contribution in [-0.2, 0) is 0 Å². The van der Waals surface area contributed by atoms with Gasteiger partial charge in [0.2, 0.25) is 0 Å². The Labute approximate surface area is 205 Å². The fourth-order valence-electron chi connectivity index (χ4n) is 4.31. The molecular weight excluding hydrogens is 503 g/mol. The van der Waals surface area contributed by atoms with Crippen LogP contribution >= 0.6 is 24.0 Å². The molecule has 1 atom stereocenters. The number of hydrogen-bond acceptors (Lipinski definition) is 5. The number of para-hydroxylation sites is 2. The van der Waals surface area contributed by atoms with Crippen LogP contribution in [-0.4, -0.2) is 94.9 Å². The predicted molar refractivity (Wildman–Crippen MR) is 141 cm³/mol. The zero-order chi connectivity index (χ0) is 21.2. The second kappa shape index (κ2) is 14.0. The molecule has 2 saturated heterocycles. The first-order chi connectivity index (χ1) is 14.7. The normalized spacial score (nSPS) is 20.8. The van der Waals surface area contributed by atoms with Crippen LogP contribution in [0.2, 0.25) is 0 Å². The Morgan fingerprint density at radius 1 is 1.16 bits per heavy atom. The van der Waals surface area contributed by atoms with Gasteiger partial charge in [0.1, 0.15) is 5.75 Å². The first kappa shape index (κ1) is 26.0. The van der Waals surface area contributed by atoms with Crippen LogP contribution in [0.4, 0.5) is 5.69 Å². The SMILES string of the molecule is CCNC(=NCCCN1CCCN(C)CC1)NC1CCN(c2ccccc2OC)C1.I. The minimum Gasteiger partial charge on any atom is -0.495 e. The van der Waals surface area contributed by atoms with Crippen molar-refractivity contribution in [2.45, 2.75) is 32.2 Å². The van der Waals surface area contributed by atoms with E-state index in [-0.39, 0.29) is 24.0 Å². The van der Waals surface area contributed by atoms with Crippen molar-refractivity contribution in [3.05, 3.63) is 24.3 Å². The summed E-state index contributed by atoms with van der Waals surface area (Å²) in [4.78, 5) is 12.3. The minimum absolute atomic E-state index is 0. The summed E-state index contributed by atoms with van der Waals surface area (Å²) in [5.41, 5.74) is 1.18. The van der Waals surface area contributed by atoms with Crippen molar-refractivity contribution < 1.29 is 4.74 Å². The van der Waals surface area contributed by atoms with E-state index in [0.29, 0.717) is 6.04 Å². The third kappa shape index (κ3) is 8.31. The van der Waals surface area contributed by atoms with Gasteiger partial charge in [0, 0.05) is 45.3 Å². The molecule has 8 heteroatoms. The molecule has 2 heterocycles. The number of ether oxygens (including phenoxy) is 1. The van der Waals surface area contributed by atoms with E-state index in [4.69, 9.17) is 9.73 Å². The number of rotatable bonds is 8.